The number of benzene rings is 3. The van der Waals surface area contributed by atoms with Crippen LogP contribution in [0.1, 0.15) is 22.7 Å². The third kappa shape index (κ3) is 4.29. The molecule has 1 atom stereocenters. The molecule has 0 aliphatic heterocycles. The van der Waals surface area contributed by atoms with Gasteiger partial charge < -0.3 is 5.11 Å². The highest BCUT2D eigenvalue weighted by Crippen LogP contribution is 2.19. The molecule has 3 aromatic carbocycles. The van der Waals surface area contributed by atoms with Crippen molar-refractivity contribution in [2.75, 3.05) is 0 Å². The first-order chi connectivity index (χ1) is 15.9. The van der Waals surface area contributed by atoms with E-state index in [0.29, 0.717) is 22.2 Å². The molecule has 4 rings (SSSR count). The lowest BCUT2D eigenvalue weighted by Gasteiger charge is -2.19. The molecule has 1 N–H and O–H groups in total. The number of carboxylic acid groups (broad SMARTS) is 1. The van der Waals surface area contributed by atoms with E-state index >= 15 is 0 Å². The van der Waals surface area contributed by atoms with E-state index in [1.807, 2.05) is 0 Å². The zero-order valence-electron chi connectivity index (χ0n) is 17.3. The van der Waals surface area contributed by atoms with Crippen molar-refractivity contribution in [2.24, 2.45) is 0 Å². The van der Waals surface area contributed by atoms with Crippen LogP contribution in [0.15, 0.2) is 82.4 Å². The summed E-state index contributed by atoms with van der Waals surface area (Å²) in [5.41, 5.74) is 0.421. The molecule has 164 valence electrons. The highest BCUT2D eigenvalue weighted by atomic mass is 35.5. The quantitative estimate of drug-likeness (QED) is 0.474. The highest BCUT2D eigenvalue weighted by molar-refractivity contribution is 6.31. The van der Waals surface area contributed by atoms with E-state index in [2.05, 4.69) is 6.07 Å². The van der Waals surface area contributed by atoms with Gasteiger partial charge in [0, 0.05) is 11.4 Å². The van der Waals surface area contributed by atoms with Crippen molar-refractivity contribution < 1.29 is 9.90 Å². The van der Waals surface area contributed by atoms with Gasteiger partial charge in [-0.25, -0.2) is 14.2 Å². The van der Waals surface area contributed by atoms with Crippen LogP contribution >= 0.6 is 11.6 Å². The molecule has 0 fully saturated rings. The summed E-state index contributed by atoms with van der Waals surface area (Å²) in [5.74, 6) is -1.30. The van der Waals surface area contributed by atoms with Crippen LogP contribution in [0.3, 0.4) is 0 Å². The van der Waals surface area contributed by atoms with Gasteiger partial charge in [0.05, 0.1) is 29.1 Å². The average molecular weight is 460 g/mol. The summed E-state index contributed by atoms with van der Waals surface area (Å²) >= 11 is 6.12. The second kappa shape index (κ2) is 9.15. The summed E-state index contributed by atoms with van der Waals surface area (Å²) in [6.07, 6.45) is -0.0494. The van der Waals surface area contributed by atoms with E-state index in [1.165, 1.54) is 10.6 Å². The maximum absolute atomic E-state index is 13.6. The van der Waals surface area contributed by atoms with Gasteiger partial charge in [0.15, 0.2) is 0 Å². The molecule has 1 heterocycles. The number of halogens is 1. The van der Waals surface area contributed by atoms with E-state index in [4.69, 9.17) is 11.6 Å². The molecular weight excluding hydrogens is 442 g/mol. The zero-order chi connectivity index (χ0) is 23.5. The van der Waals surface area contributed by atoms with Gasteiger partial charge in [-0.2, -0.15) is 5.26 Å². The van der Waals surface area contributed by atoms with Gasteiger partial charge in [-0.05, 0) is 35.4 Å². The molecular formula is C25H18ClN3O4. The van der Waals surface area contributed by atoms with E-state index in [0.717, 1.165) is 4.57 Å². The Morgan fingerprint density at radius 1 is 1.03 bits per heavy atom. The fourth-order valence-corrected chi connectivity index (χ4v) is 4.03. The van der Waals surface area contributed by atoms with Crippen LogP contribution in [0, 0.1) is 11.3 Å². The minimum atomic E-state index is -1.42. The number of hydrogen-bond acceptors (Lipinski definition) is 4. The topological polar surface area (TPSA) is 105 Å². The molecule has 0 unspecified atom stereocenters. The minimum Gasteiger partial charge on any atom is -0.480 e. The number of hydrogen-bond donors (Lipinski definition) is 1. The Hall–Kier alpha value is -4.15. The fraction of sp³-hybridized carbons (Fsp3) is 0.120. The molecule has 0 bridgehead atoms. The summed E-state index contributed by atoms with van der Waals surface area (Å²) < 4.78 is 2.08. The zero-order valence-corrected chi connectivity index (χ0v) is 18.1. The van der Waals surface area contributed by atoms with Crippen molar-refractivity contribution in [3.8, 4) is 6.07 Å². The lowest BCUT2D eigenvalue weighted by Crippen LogP contribution is -2.45. The largest absolute Gasteiger partial charge is 0.480 e. The highest BCUT2D eigenvalue weighted by Gasteiger charge is 2.27. The monoisotopic (exact) mass is 459 g/mol. The number of nitriles is 1. The van der Waals surface area contributed by atoms with E-state index < -0.39 is 23.3 Å². The first-order valence-corrected chi connectivity index (χ1v) is 10.5. The molecule has 8 heteroatoms. The summed E-state index contributed by atoms with van der Waals surface area (Å²) in [5, 5.41) is 19.8. The van der Waals surface area contributed by atoms with Crippen molar-refractivity contribution in [2.45, 2.75) is 19.0 Å². The third-order valence-electron chi connectivity index (χ3n) is 5.47. The molecule has 0 spiro atoms. The van der Waals surface area contributed by atoms with Gasteiger partial charge in [0.1, 0.15) is 6.04 Å². The molecule has 0 radical (unpaired) electrons. The van der Waals surface area contributed by atoms with Crippen molar-refractivity contribution in [1.29, 1.82) is 5.26 Å². The Morgan fingerprint density at radius 3 is 2.42 bits per heavy atom. The van der Waals surface area contributed by atoms with Gasteiger partial charge in [-0.1, -0.05) is 60.1 Å². The Kier molecular flexibility index (Phi) is 6.11. The Balaban J connectivity index is 1.99. The second-order valence-electron chi connectivity index (χ2n) is 7.52. The Morgan fingerprint density at radius 2 is 1.73 bits per heavy atom. The number of nitrogens with zero attached hydrogens (tertiary/aromatic N) is 3. The number of carboxylic acids is 1. The summed E-state index contributed by atoms with van der Waals surface area (Å²) in [7, 11) is 0. The third-order valence-corrected chi connectivity index (χ3v) is 5.71. The number of rotatable bonds is 6. The number of carbonyl (C=O) groups is 1. The standard InChI is InChI=1S/C25H18ClN3O4/c26-19-10-11-21-20(13-19)23(30)29(22(24(31)32)12-16-6-2-1-3-7-16)25(33)28(21)15-18-9-5-4-8-17(18)14-27/h1-11,13,22H,12,15H2,(H,31,32)/t22-/m0/s1. The fourth-order valence-electron chi connectivity index (χ4n) is 3.86. The maximum Gasteiger partial charge on any atom is 0.332 e. The number of fused-ring (bicyclic) bond motifs is 1. The van der Waals surface area contributed by atoms with Crippen LogP contribution in [0.5, 0.6) is 0 Å². The van der Waals surface area contributed by atoms with E-state index in [9.17, 15) is 24.8 Å². The van der Waals surface area contributed by atoms with Crippen LogP contribution < -0.4 is 11.2 Å². The molecule has 33 heavy (non-hydrogen) atoms. The smallest absolute Gasteiger partial charge is 0.332 e. The number of aliphatic carboxylic acids is 1. The van der Waals surface area contributed by atoms with E-state index in [-0.39, 0.29) is 23.4 Å². The molecule has 0 amide bonds. The van der Waals surface area contributed by atoms with Crippen molar-refractivity contribution in [1.82, 2.24) is 9.13 Å². The molecule has 0 saturated heterocycles. The van der Waals surface area contributed by atoms with Gasteiger partial charge in [0.2, 0.25) is 0 Å². The molecule has 0 aliphatic carbocycles. The summed E-state index contributed by atoms with van der Waals surface area (Å²) in [6, 6.07) is 20.8. The van der Waals surface area contributed by atoms with Gasteiger partial charge >= 0.3 is 11.7 Å². The normalized spacial score (nSPS) is 11.8. The van der Waals surface area contributed by atoms with Crippen molar-refractivity contribution in [3.05, 3.63) is 115 Å². The average Bonchev–Trinajstić information content (AvgIpc) is 2.82. The van der Waals surface area contributed by atoms with Crippen molar-refractivity contribution in [3.63, 3.8) is 0 Å². The molecule has 0 saturated carbocycles. The van der Waals surface area contributed by atoms with Crippen LogP contribution in [0.4, 0.5) is 0 Å². The molecule has 0 aliphatic rings. The van der Waals surface area contributed by atoms with Crippen LogP contribution in [0.25, 0.3) is 10.9 Å². The SMILES string of the molecule is N#Cc1ccccc1Cn1c(=O)n([C@@H](Cc2ccccc2)C(=O)O)c(=O)c2cc(Cl)ccc21. The van der Waals surface area contributed by atoms with Crippen molar-refractivity contribution >= 4 is 28.5 Å². The van der Waals surface area contributed by atoms with Crippen LogP contribution in [-0.4, -0.2) is 20.2 Å². The van der Waals surface area contributed by atoms with Gasteiger partial charge in [-0.15, -0.1) is 0 Å². The second-order valence-corrected chi connectivity index (χ2v) is 7.95. The first kappa shape index (κ1) is 22.1. The van der Waals surface area contributed by atoms with Crippen LogP contribution in [-0.2, 0) is 17.8 Å². The first-order valence-electron chi connectivity index (χ1n) is 10.1. The summed E-state index contributed by atoms with van der Waals surface area (Å²) in [6.45, 7) is -0.0152. The van der Waals surface area contributed by atoms with Gasteiger partial charge in [0.25, 0.3) is 5.56 Å². The molecule has 1 aromatic heterocycles. The molecule has 7 nitrogen and oxygen atoms in total. The predicted molar refractivity (Wildman–Crippen MR) is 125 cm³/mol. The summed E-state index contributed by atoms with van der Waals surface area (Å²) in [4.78, 5) is 39.1. The van der Waals surface area contributed by atoms with E-state index in [1.54, 1.807) is 66.7 Å². The lowest BCUT2D eigenvalue weighted by atomic mass is 10.1. The number of aromatic nitrogens is 2. The van der Waals surface area contributed by atoms with Gasteiger partial charge in [-0.3, -0.25) is 9.36 Å². The predicted octanol–water partition coefficient (Wildman–Crippen LogP) is 3.60. The Labute approximate surface area is 193 Å². The Bertz CT molecular complexity index is 1520. The molecule has 4 aromatic rings. The van der Waals surface area contributed by atoms with Crippen LogP contribution in [0.2, 0.25) is 5.02 Å². The lowest BCUT2D eigenvalue weighted by molar-refractivity contribution is -0.141. The minimum absolute atomic E-state index is 0.0152. The maximum atomic E-state index is 13.6.